The molecule has 0 bridgehead atoms. The summed E-state index contributed by atoms with van der Waals surface area (Å²) in [4.78, 5) is 11.3. The lowest BCUT2D eigenvalue weighted by molar-refractivity contribution is -0.143. The van der Waals surface area contributed by atoms with Crippen molar-refractivity contribution in [2.24, 2.45) is 0 Å². The summed E-state index contributed by atoms with van der Waals surface area (Å²) in [6.45, 7) is 2.22. The van der Waals surface area contributed by atoms with Gasteiger partial charge in [-0.2, -0.15) is 0 Å². The molecule has 1 aromatic rings. The smallest absolute Gasteiger partial charge is 0.305 e. The molecule has 20 heavy (non-hydrogen) atoms. The van der Waals surface area contributed by atoms with Crippen LogP contribution in [-0.4, -0.2) is 31.6 Å². The van der Waals surface area contributed by atoms with Crippen molar-refractivity contribution in [3.05, 3.63) is 17.7 Å². The molecule has 1 atom stereocenters. The minimum Gasteiger partial charge on any atom is -0.493 e. The highest BCUT2D eigenvalue weighted by atomic mass is 16.7. The van der Waals surface area contributed by atoms with Crippen LogP contribution in [0.3, 0.4) is 0 Å². The number of benzene rings is 1. The van der Waals surface area contributed by atoms with Crippen molar-refractivity contribution in [1.82, 2.24) is 0 Å². The van der Waals surface area contributed by atoms with Crippen molar-refractivity contribution in [3.63, 3.8) is 0 Å². The van der Waals surface area contributed by atoms with Gasteiger partial charge in [0.2, 0.25) is 12.5 Å². The van der Waals surface area contributed by atoms with Crippen LogP contribution in [-0.2, 0) is 9.53 Å². The molecule has 0 saturated carbocycles. The first-order valence-corrected chi connectivity index (χ1v) is 6.47. The number of fused-ring (bicyclic) bond motifs is 1. The number of esters is 1. The predicted molar refractivity (Wildman–Crippen MR) is 69.9 cm³/mol. The Balaban J connectivity index is 2.06. The fraction of sp³-hybridized carbons (Fsp3) is 0.500. The third-order valence-corrected chi connectivity index (χ3v) is 2.99. The maximum absolute atomic E-state index is 11.3. The van der Waals surface area contributed by atoms with Crippen molar-refractivity contribution in [2.45, 2.75) is 25.9 Å². The first kappa shape index (κ1) is 14.5. The number of rotatable bonds is 6. The minimum absolute atomic E-state index is 0.133. The topological polar surface area (TPSA) is 74.2 Å². The van der Waals surface area contributed by atoms with Gasteiger partial charge in [-0.1, -0.05) is 0 Å². The lowest BCUT2D eigenvalue weighted by Crippen LogP contribution is -2.07. The molecule has 0 aromatic heterocycles. The number of aliphatic hydroxyl groups is 1. The Labute approximate surface area is 117 Å². The van der Waals surface area contributed by atoms with Gasteiger partial charge in [0.15, 0.2) is 11.5 Å². The molecule has 0 radical (unpaired) electrons. The summed E-state index contributed by atoms with van der Waals surface area (Å²) in [6, 6.07) is 3.38. The largest absolute Gasteiger partial charge is 0.493 e. The molecule has 0 aliphatic carbocycles. The van der Waals surface area contributed by atoms with Crippen LogP contribution in [0.5, 0.6) is 17.2 Å². The van der Waals surface area contributed by atoms with Crippen LogP contribution >= 0.6 is 0 Å². The van der Waals surface area contributed by atoms with E-state index in [1.807, 2.05) is 0 Å². The zero-order chi connectivity index (χ0) is 14.5. The highest BCUT2D eigenvalue weighted by molar-refractivity contribution is 5.69. The van der Waals surface area contributed by atoms with Crippen molar-refractivity contribution in [3.8, 4) is 17.2 Å². The number of hydrogen-bond donors (Lipinski definition) is 1. The number of ether oxygens (including phenoxy) is 4. The maximum Gasteiger partial charge on any atom is 0.305 e. The Morgan fingerprint density at radius 3 is 2.95 bits per heavy atom. The molecule has 1 aromatic carbocycles. The van der Waals surface area contributed by atoms with E-state index >= 15 is 0 Å². The quantitative estimate of drug-likeness (QED) is 0.802. The van der Waals surface area contributed by atoms with E-state index in [4.69, 9.17) is 18.9 Å². The Hall–Kier alpha value is -1.95. The molecule has 2 rings (SSSR count). The zero-order valence-corrected chi connectivity index (χ0v) is 11.5. The zero-order valence-electron chi connectivity index (χ0n) is 11.5. The summed E-state index contributed by atoms with van der Waals surface area (Å²) in [7, 11) is 1.52. The van der Waals surface area contributed by atoms with Gasteiger partial charge in [0.25, 0.3) is 0 Å². The van der Waals surface area contributed by atoms with Gasteiger partial charge in [-0.3, -0.25) is 4.79 Å². The van der Waals surface area contributed by atoms with E-state index < -0.39 is 6.10 Å². The maximum atomic E-state index is 11.3. The van der Waals surface area contributed by atoms with Crippen LogP contribution in [0.25, 0.3) is 0 Å². The number of methoxy groups -OCH3 is 1. The van der Waals surface area contributed by atoms with Gasteiger partial charge in [-0.25, -0.2) is 0 Å². The predicted octanol–water partition coefficient (Wildman–Crippen LogP) is 1.80. The third kappa shape index (κ3) is 3.14. The Kier molecular flexibility index (Phi) is 4.68. The fourth-order valence-corrected chi connectivity index (χ4v) is 2.00. The Morgan fingerprint density at radius 2 is 2.25 bits per heavy atom. The number of carbonyl (C=O) groups is 1. The van der Waals surface area contributed by atoms with E-state index in [1.54, 1.807) is 19.1 Å². The second kappa shape index (κ2) is 6.47. The van der Waals surface area contributed by atoms with Gasteiger partial charge in [-0.15, -0.1) is 0 Å². The Bertz CT molecular complexity index is 485. The van der Waals surface area contributed by atoms with Crippen LogP contribution in [0.15, 0.2) is 12.1 Å². The molecule has 1 aliphatic heterocycles. The molecule has 6 heteroatoms. The van der Waals surface area contributed by atoms with Crippen LogP contribution in [0.2, 0.25) is 0 Å². The second-order valence-electron chi connectivity index (χ2n) is 4.32. The average Bonchev–Trinajstić information content (AvgIpc) is 2.92. The van der Waals surface area contributed by atoms with Crippen molar-refractivity contribution in [1.29, 1.82) is 0 Å². The molecule has 1 unspecified atom stereocenters. The van der Waals surface area contributed by atoms with Gasteiger partial charge in [-0.05, 0) is 31.0 Å². The van der Waals surface area contributed by atoms with Crippen molar-refractivity contribution < 1.29 is 28.8 Å². The van der Waals surface area contributed by atoms with Crippen LogP contribution in [0.1, 0.15) is 31.4 Å². The van der Waals surface area contributed by atoms with Gasteiger partial charge < -0.3 is 24.1 Å². The molecule has 0 saturated heterocycles. The van der Waals surface area contributed by atoms with Gasteiger partial charge in [0, 0.05) is 6.42 Å². The summed E-state index contributed by atoms with van der Waals surface area (Å²) in [6.07, 6.45) is -0.351. The molecular weight excluding hydrogens is 264 g/mol. The minimum atomic E-state index is -0.789. The van der Waals surface area contributed by atoms with Crippen LogP contribution < -0.4 is 14.2 Å². The molecule has 1 heterocycles. The number of carbonyl (C=O) groups excluding carboxylic acids is 1. The van der Waals surface area contributed by atoms with Gasteiger partial charge in [0.1, 0.15) is 0 Å². The molecule has 0 amide bonds. The first-order chi connectivity index (χ1) is 9.65. The molecule has 1 aliphatic rings. The Morgan fingerprint density at radius 1 is 1.45 bits per heavy atom. The molecular formula is C14H18O6. The van der Waals surface area contributed by atoms with E-state index in [0.717, 1.165) is 0 Å². The summed E-state index contributed by atoms with van der Waals surface area (Å²) in [5, 5.41) is 10.1. The highest BCUT2D eigenvalue weighted by Gasteiger charge is 2.22. The molecule has 6 nitrogen and oxygen atoms in total. The van der Waals surface area contributed by atoms with E-state index in [0.29, 0.717) is 29.4 Å². The number of aliphatic hydroxyl groups excluding tert-OH is 1. The second-order valence-corrected chi connectivity index (χ2v) is 4.32. The summed E-state index contributed by atoms with van der Waals surface area (Å²) in [5.41, 5.74) is 0.621. The van der Waals surface area contributed by atoms with Crippen molar-refractivity contribution in [2.75, 3.05) is 20.5 Å². The molecule has 0 fully saturated rings. The normalized spacial score (nSPS) is 13.9. The lowest BCUT2D eigenvalue weighted by Gasteiger charge is -2.13. The third-order valence-electron chi connectivity index (χ3n) is 2.99. The first-order valence-electron chi connectivity index (χ1n) is 6.47. The highest BCUT2D eigenvalue weighted by Crippen LogP contribution is 2.43. The SMILES string of the molecule is CCOC(=O)CCC(O)c1cc(OC)c2c(c1)OCO2. The standard InChI is InChI=1S/C14H18O6/c1-3-18-13(16)5-4-10(15)9-6-11(17-2)14-12(7-9)19-8-20-14/h6-7,10,15H,3-5,8H2,1-2H3. The van der Waals surface area contributed by atoms with Crippen LogP contribution in [0, 0.1) is 0 Å². The van der Waals surface area contributed by atoms with E-state index in [1.165, 1.54) is 7.11 Å². The van der Waals surface area contributed by atoms with E-state index in [9.17, 15) is 9.90 Å². The summed E-state index contributed by atoms with van der Waals surface area (Å²) >= 11 is 0. The fourth-order valence-electron chi connectivity index (χ4n) is 2.00. The van der Waals surface area contributed by atoms with Crippen molar-refractivity contribution >= 4 is 5.97 Å². The summed E-state index contributed by atoms with van der Waals surface area (Å²) < 4.78 is 20.6. The monoisotopic (exact) mass is 282 g/mol. The molecule has 0 spiro atoms. The average molecular weight is 282 g/mol. The lowest BCUT2D eigenvalue weighted by atomic mass is 10.0. The molecule has 110 valence electrons. The molecule has 1 N–H and O–H groups in total. The van der Waals surface area contributed by atoms with Gasteiger partial charge >= 0.3 is 5.97 Å². The number of hydrogen-bond acceptors (Lipinski definition) is 6. The van der Waals surface area contributed by atoms with E-state index in [2.05, 4.69) is 0 Å². The van der Waals surface area contributed by atoms with Crippen LogP contribution in [0.4, 0.5) is 0 Å². The van der Waals surface area contributed by atoms with E-state index in [-0.39, 0.29) is 25.6 Å². The summed E-state index contributed by atoms with van der Waals surface area (Å²) in [5.74, 6) is 1.26. The van der Waals surface area contributed by atoms with Gasteiger partial charge in [0.05, 0.1) is 19.8 Å².